The van der Waals surface area contributed by atoms with Gasteiger partial charge in [-0.1, -0.05) is 0 Å². The van der Waals surface area contributed by atoms with Crippen LogP contribution in [0.25, 0.3) is 0 Å². The minimum Gasteiger partial charge on any atom is -0.497 e. The standard InChI is InChI=1S/C16H20N2O3/c1-11-5-6-12(18(11)2)10-17-16(19)14-8-7-13(20-3)9-15(14)21-4/h5-9H,10H2,1-4H3,(H,17,19). The summed E-state index contributed by atoms with van der Waals surface area (Å²) in [4.78, 5) is 12.3. The van der Waals surface area contributed by atoms with Crippen molar-refractivity contribution in [1.82, 2.24) is 9.88 Å². The third-order valence-corrected chi connectivity index (χ3v) is 3.56. The van der Waals surface area contributed by atoms with Gasteiger partial charge in [0.1, 0.15) is 11.5 Å². The number of benzene rings is 1. The number of rotatable bonds is 5. The van der Waals surface area contributed by atoms with Crippen molar-refractivity contribution < 1.29 is 14.3 Å². The van der Waals surface area contributed by atoms with Gasteiger partial charge in [-0.05, 0) is 31.2 Å². The topological polar surface area (TPSA) is 52.5 Å². The van der Waals surface area contributed by atoms with E-state index >= 15 is 0 Å². The summed E-state index contributed by atoms with van der Waals surface area (Å²) in [5.41, 5.74) is 2.69. The van der Waals surface area contributed by atoms with E-state index in [0.29, 0.717) is 23.6 Å². The fraction of sp³-hybridized carbons (Fsp3) is 0.312. The molecule has 5 heteroatoms. The number of methoxy groups -OCH3 is 2. The highest BCUT2D eigenvalue weighted by Crippen LogP contribution is 2.24. The molecule has 0 aliphatic rings. The molecule has 1 aromatic heterocycles. The van der Waals surface area contributed by atoms with Crippen LogP contribution in [0.5, 0.6) is 11.5 Å². The molecule has 5 nitrogen and oxygen atoms in total. The molecule has 0 unspecified atom stereocenters. The number of hydrogen-bond acceptors (Lipinski definition) is 3. The molecule has 1 amide bonds. The summed E-state index contributed by atoms with van der Waals surface area (Å²) in [5.74, 6) is 0.977. The number of hydrogen-bond donors (Lipinski definition) is 1. The number of amides is 1. The lowest BCUT2D eigenvalue weighted by Crippen LogP contribution is -2.24. The van der Waals surface area contributed by atoms with Crippen LogP contribution in [-0.4, -0.2) is 24.7 Å². The normalized spacial score (nSPS) is 10.3. The van der Waals surface area contributed by atoms with E-state index in [9.17, 15) is 4.79 Å². The van der Waals surface area contributed by atoms with Crippen LogP contribution in [0.3, 0.4) is 0 Å². The number of aromatic nitrogens is 1. The molecule has 2 rings (SSSR count). The second-order valence-corrected chi connectivity index (χ2v) is 4.77. The minimum atomic E-state index is -0.173. The van der Waals surface area contributed by atoms with E-state index in [1.807, 2.05) is 30.7 Å². The number of carbonyl (C=O) groups excluding carboxylic acids is 1. The molecule has 0 atom stereocenters. The largest absolute Gasteiger partial charge is 0.497 e. The van der Waals surface area contributed by atoms with Crippen LogP contribution in [0.1, 0.15) is 21.7 Å². The molecule has 1 heterocycles. The maximum atomic E-state index is 12.3. The van der Waals surface area contributed by atoms with E-state index in [-0.39, 0.29) is 5.91 Å². The first-order chi connectivity index (χ1) is 10.1. The molecule has 21 heavy (non-hydrogen) atoms. The van der Waals surface area contributed by atoms with Gasteiger partial charge in [-0.3, -0.25) is 4.79 Å². The Labute approximate surface area is 124 Å². The lowest BCUT2D eigenvalue weighted by molar-refractivity contribution is 0.0947. The molecule has 0 bridgehead atoms. The minimum absolute atomic E-state index is 0.173. The molecule has 0 spiro atoms. The first kappa shape index (κ1) is 15.0. The van der Waals surface area contributed by atoms with E-state index in [1.54, 1.807) is 25.3 Å². The van der Waals surface area contributed by atoms with Crippen molar-refractivity contribution in [3.63, 3.8) is 0 Å². The Morgan fingerprint density at radius 3 is 2.52 bits per heavy atom. The molecule has 0 aliphatic heterocycles. The van der Waals surface area contributed by atoms with Crippen molar-refractivity contribution >= 4 is 5.91 Å². The van der Waals surface area contributed by atoms with Crippen LogP contribution in [0.2, 0.25) is 0 Å². The van der Waals surface area contributed by atoms with Gasteiger partial charge in [0.05, 0.1) is 26.3 Å². The quantitative estimate of drug-likeness (QED) is 0.918. The molecule has 0 saturated carbocycles. The average Bonchev–Trinajstić information content (AvgIpc) is 2.83. The Kier molecular flexibility index (Phi) is 4.52. The van der Waals surface area contributed by atoms with E-state index < -0.39 is 0 Å². The van der Waals surface area contributed by atoms with Gasteiger partial charge in [0.25, 0.3) is 5.91 Å². The molecular formula is C16H20N2O3. The third-order valence-electron chi connectivity index (χ3n) is 3.56. The summed E-state index contributed by atoms with van der Waals surface area (Å²) in [6.45, 7) is 2.50. The molecule has 112 valence electrons. The lowest BCUT2D eigenvalue weighted by Gasteiger charge is -2.11. The van der Waals surface area contributed by atoms with Crippen molar-refractivity contribution in [2.75, 3.05) is 14.2 Å². The highest BCUT2D eigenvalue weighted by molar-refractivity contribution is 5.97. The predicted octanol–water partition coefficient (Wildman–Crippen LogP) is 2.28. The summed E-state index contributed by atoms with van der Waals surface area (Å²) in [6, 6.07) is 9.16. The van der Waals surface area contributed by atoms with Crippen molar-refractivity contribution in [3.05, 3.63) is 47.3 Å². The smallest absolute Gasteiger partial charge is 0.255 e. The summed E-state index contributed by atoms with van der Waals surface area (Å²) in [7, 11) is 5.09. The SMILES string of the molecule is COc1ccc(C(=O)NCc2ccc(C)n2C)c(OC)c1. The molecule has 1 aromatic carbocycles. The van der Waals surface area contributed by atoms with Crippen LogP contribution in [0, 0.1) is 6.92 Å². The van der Waals surface area contributed by atoms with Crippen molar-refractivity contribution in [2.24, 2.45) is 7.05 Å². The zero-order valence-corrected chi connectivity index (χ0v) is 12.8. The zero-order valence-electron chi connectivity index (χ0n) is 12.8. The van der Waals surface area contributed by atoms with Gasteiger partial charge in [0.15, 0.2) is 0 Å². The Bertz CT molecular complexity index is 647. The second kappa shape index (κ2) is 6.35. The third kappa shape index (κ3) is 3.18. The Morgan fingerprint density at radius 2 is 1.95 bits per heavy atom. The van der Waals surface area contributed by atoms with Gasteiger partial charge >= 0.3 is 0 Å². The van der Waals surface area contributed by atoms with Crippen molar-refractivity contribution in [3.8, 4) is 11.5 Å². The van der Waals surface area contributed by atoms with Crippen LogP contribution in [0.15, 0.2) is 30.3 Å². The van der Waals surface area contributed by atoms with E-state index in [0.717, 1.165) is 11.4 Å². The molecule has 2 aromatic rings. The van der Waals surface area contributed by atoms with Gasteiger partial charge in [-0.2, -0.15) is 0 Å². The Balaban J connectivity index is 2.11. The molecule has 0 radical (unpaired) electrons. The van der Waals surface area contributed by atoms with Gasteiger partial charge < -0.3 is 19.4 Å². The molecule has 1 N–H and O–H groups in total. The van der Waals surface area contributed by atoms with Crippen LogP contribution in [0.4, 0.5) is 0 Å². The predicted molar refractivity (Wildman–Crippen MR) is 80.9 cm³/mol. The molecule has 0 fully saturated rings. The number of carbonyl (C=O) groups is 1. The van der Waals surface area contributed by atoms with Gasteiger partial charge in [0, 0.05) is 24.5 Å². The number of aryl methyl sites for hydroxylation is 1. The maximum absolute atomic E-state index is 12.3. The summed E-state index contributed by atoms with van der Waals surface area (Å²) >= 11 is 0. The molecular weight excluding hydrogens is 268 g/mol. The van der Waals surface area contributed by atoms with Crippen LogP contribution in [-0.2, 0) is 13.6 Å². The van der Waals surface area contributed by atoms with Gasteiger partial charge in [0.2, 0.25) is 0 Å². The van der Waals surface area contributed by atoms with Gasteiger partial charge in [-0.15, -0.1) is 0 Å². The zero-order chi connectivity index (χ0) is 15.4. The van der Waals surface area contributed by atoms with E-state index in [2.05, 4.69) is 5.32 Å². The first-order valence-electron chi connectivity index (χ1n) is 6.68. The van der Waals surface area contributed by atoms with Crippen molar-refractivity contribution in [2.45, 2.75) is 13.5 Å². The molecule has 0 saturated heterocycles. The number of nitrogens with one attached hydrogen (secondary N) is 1. The fourth-order valence-corrected chi connectivity index (χ4v) is 2.10. The number of ether oxygens (including phenoxy) is 2. The maximum Gasteiger partial charge on any atom is 0.255 e. The number of nitrogens with zero attached hydrogens (tertiary/aromatic N) is 1. The summed E-state index contributed by atoms with van der Waals surface area (Å²) < 4.78 is 12.4. The monoisotopic (exact) mass is 288 g/mol. The van der Waals surface area contributed by atoms with Crippen molar-refractivity contribution in [1.29, 1.82) is 0 Å². The fourth-order valence-electron chi connectivity index (χ4n) is 2.10. The van der Waals surface area contributed by atoms with E-state index in [4.69, 9.17) is 9.47 Å². The molecule has 0 aliphatic carbocycles. The van der Waals surface area contributed by atoms with Gasteiger partial charge in [-0.25, -0.2) is 0 Å². The Hall–Kier alpha value is -2.43. The van der Waals surface area contributed by atoms with Crippen LogP contribution >= 0.6 is 0 Å². The second-order valence-electron chi connectivity index (χ2n) is 4.77. The Morgan fingerprint density at radius 1 is 1.19 bits per heavy atom. The van der Waals surface area contributed by atoms with E-state index in [1.165, 1.54) is 7.11 Å². The first-order valence-corrected chi connectivity index (χ1v) is 6.68. The van der Waals surface area contributed by atoms with Crippen LogP contribution < -0.4 is 14.8 Å². The summed E-state index contributed by atoms with van der Waals surface area (Å²) in [5, 5.41) is 2.90. The average molecular weight is 288 g/mol. The lowest BCUT2D eigenvalue weighted by atomic mass is 10.1. The highest BCUT2D eigenvalue weighted by atomic mass is 16.5. The highest BCUT2D eigenvalue weighted by Gasteiger charge is 2.13. The summed E-state index contributed by atoms with van der Waals surface area (Å²) in [6.07, 6.45) is 0.